The maximum atomic E-state index is 12.3. The van der Waals surface area contributed by atoms with Crippen LogP contribution in [0.1, 0.15) is 32.1 Å². The molecule has 5 heteroatoms. The standard InChI is InChI=1S/C12H22N2O2S/c1-16-9-8-14(7-6-11(13)17)12(15)10-4-2-3-5-10/h10H,2-9H2,1H3,(H2,13,17). The Morgan fingerprint density at radius 1 is 1.41 bits per heavy atom. The average molecular weight is 258 g/mol. The summed E-state index contributed by atoms with van der Waals surface area (Å²) in [6.07, 6.45) is 4.98. The summed E-state index contributed by atoms with van der Waals surface area (Å²) >= 11 is 4.86. The van der Waals surface area contributed by atoms with E-state index in [-0.39, 0.29) is 11.8 Å². The smallest absolute Gasteiger partial charge is 0.225 e. The van der Waals surface area contributed by atoms with Gasteiger partial charge in [-0.15, -0.1) is 0 Å². The van der Waals surface area contributed by atoms with Crippen LogP contribution in [0.2, 0.25) is 0 Å². The summed E-state index contributed by atoms with van der Waals surface area (Å²) < 4.78 is 5.03. The van der Waals surface area contributed by atoms with Crippen molar-refractivity contribution in [2.45, 2.75) is 32.1 Å². The van der Waals surface area contributed by atoms with Gasteiger partial charge in [0.15, 0.2) is 0 Å². The molecule has 0 aliphatic heterocycles. The summed E-state index contributed by atoms with van der Waals surface area (Å²) in [4.78, 5) is 14.6. The molecule has 0 heterocycles. The molecule has 0 unspecified atom stereocenters. The van der Waals surface area contributed by atoms with Crippen LogP contribution >= 0.6 is 12.2 Å². The normalized spacial score (nSPS) is 16.1. The predicted molar refractivity (Wildman–Crippen MR) is 71.8 cm³/mol. The number of nitrogens with zero attached hydrogens (tertiary/aromatic N) is 1. The molecule has 0 aromatic carbocycles. The Hall–Kier alpha value is -0.680. The maximum absolute atomic E-state index is 12.3. The van der Waals surface area contributed by atoms with Crippen molar-refractivity contribution in [2.24, 2.45) is 11.7 Å². The van der Waals surface area contributed by atoms with Crippen molar-refractivity contribution in [1.82, 2.24) is 4.90 Å². The summed E-state index contributed by atoms with van der Waals surface area (Å²) in [7, 11) is 1.64. The van der Waals surface area contributed by atoms with Gasteiger partial charge in [-0.25, -0.2) is 0 Å². The lowest BCUT2D eigenvalue weighted by molar-refractivity contribution is -0.135. The van der Waals surface area contributed by atoms with E-state index in [9.17, 15) is 4.79 Å². The molecule has 2 N–H and O–H groups in total. The van der Waals surface area contributed by atoms with E-state index in [1.54, 1.807) is 7.11 Å². The SMILES string of the molecule is COCCN(CCC(N)=S)C(=O)C1CCCC1. The minimum Gasteiger partial charge on any atom is -0.393 e. The van der Waals surface area contributed by atoms with E-state index < -0.39 is 0 Å². The van der Waals surface area contributed by atoms with Crippen LogP contribution in [0.5, 0.6) is 0 Å². The van der Waals surface area contributed by atoms with Gasteiger partial charge in [0.05, 0.1) is 11.6 Å². The Balaban J connectivity index is 2.47. The molecule has 98 valence electrons. The van der Waals surface area contributed by atoms with Gasteiger partial charge in [0, 0.05) is 32.5 Å². The van der Waals surface area contributed by atoms with Gasteiger partial charge >= 0.3 is 0 Å². The summed E-state index contributed by atoms with van der Waals surface area (Å²) in [5, 5.41) is 0. The minimum absolute atomic E-state index is 0.207. The number of amides is 1. The van der Waals surface area contributed by atoms with E-state index in [0.717, 1.165) is 12.8 Å². The van der Waals surface area contributed by atoms with Crippen molar-refractivity contribution < 1.29 is 9.53 Å². The Bertz CT molecular complexity index is 265. The summed E-state index contributed by atoms with van der Waals surface area (Å²) in [5.74, 6) is 0.453. The molecule has 1 aliphatic carbocycles. The second-order valence-electron chi connectivity index (χ2n) is 4.52. The van der Waals surface area contributed by atoms with Gasteiger partial charge in [-0.1, -0.05) is 25.1 Å². The zero-order valence-corrected chi connectivity index (χ0v) is 11.3. The molecular formula is C12H22N2O2S. The number of hydrogen-bond acceptors (Lipinski definition) is 3. The summed E-state index contributed by atoms with van der Waals surface area (Å²) in [6.45, 7) is 1.82. The fourth-order valence-electron chi connectivity index (χ4n) is 2.21. The van der Waals surface area contributed by atoms with Crippen LogP contribution in [0.25, 0.3) is 0 Å². The van der Waals surface area contributed by atoms with Gasteiger partial charge in [-0.05, 0) is 12.8 Å². The van der Waals surface area contributed by atoms with E-state index in [4.69, 9.17) is 22.7 Å². The lowest BCUT2D eigenvalue weighted by atomic mass is 10.1. The molecule has 17 heavy (non-hydrogen) atoms. The van der Waals surface area contributed by atoms with Crippen LogP contribution in [0.3, 0.4) is 0 Å². The van der Waals surface area contributed by atoms with Gasteiger partial charge < -0.3 is 15.4 Å². The lowest BCUT2D eigenvalue weighted by Crippen LogP contribution is -2.39. The third-order valence-corrected chi connectivity index (χ3v) is 3.41. The molecule has 0 spiro atoms. The van der Waals surface area contributed by atoms with E-state index in [0.29, 0.717) is 31.1 Å². The minimum atomic E-state index is 0.207. The first-order valence-corrected chi connectivity index (χ1v) is 6.62. The monoisotopic (exact) mass is 258 g/mol. The molecule has 1 aliphatic rings. The Kier molecular flexibility index (Phi) is 6.44. The van der Waals surface area contributed by atoms with E-state index in [1.807, 2.05) is 4.90 Å². The Morgan fingerprint density at radius 3 is 2.59 bits per heavy atom. The van der Waals surface area contributed by atoms with Crippen molar-refractivity contribution in [3.8, 4) is 0 Å². The maximum Gasteiger partial charge on any atom is 0.225 e. The zero-order valence-electron chi connectivity index (χ0n) is 10.5. The highest BCUT2D eigenvalue weighted by atomic mass is 32.1. The highest BCUT2D eigenvalue weighted by Gasteiger charge is 2.26. The third-order valence-electron chi connectivity index (χ3n) is 3.21. The van der Waals surface area contributed by atoms with Crippen molar-refractivity contribution >= 4 is 23.1 Å². The Labute approximate surface area is 108 Å². The molecular weight excluding hydrogens is 236 g/mol. The van der Waals surface area contributed by atoms with Crippen LogP contribution in [-0.2, 0) is 9.53 Å². The molecule has 0 atom stereocenters. The number of nitrogens with two attached hydrogens (primary N) is 1. The number of hydrogen-bond donors (Lipinski definition) is 1. The molecule has 1 saturated carbocycles. The van der Waals surface area contributed by atoms with Gasteiger partial charge in [-0.2, -0.15) is 0 Å². The number of methoxy groups -OCH3 is 1. The summed E-state index contributed by atoms with van der Waals surface area (Å²) in [6, 6.07) is 0. The zero-order chi connectivity index (χ0) is 12.7. The number of carbonyl (C=O) groups excluding carboxylic acids is 1. The van der Waals surface area contributed by atoms with Crippen molar-refractivity contribution in [2.75, 3.05) is 26.8 Å². The topological polar surface area (TPSA) is 55.6 Å². The van der Waals surface area contributed by atoms with Gasteiger partial charge in [0.1, 0.15) is 0 Å². The molecule has 1 rings (SSSR count). The van der Waals surface area contributed by atoms with Gasteiger partial charge in [0.2, 0.25) is 5.91 Å². The van der Waals surface area contributed by atoms with Crippen molar-refractivity contribution in [3.05, 3.63) is 0 Å². The van der Waals surface area contributed by atoms with Crippen LogP contribution in [0.4, 0.5) is 0 Å². The van der Waals surface area contributed by atoms with E-state index in [2.05, 4.69) is 0 Å². The fourth-order valence-corrected chi connectivity index (χ4v) is 2.30. The quantitative estimate of drug-likeness (QED) is 0.700. The highest BCUT2D eigenvalue weighted by molar-refractivity contribution is 7.80. The van der Waals surface area contributed by atoms with Crippen LogP contribution < -0.4 is 5.73 Å². The number of carbonyl (C=O) groups is 1. The first kappa shape index (κ1) is 14.4. The summed E-state index contributed by atoms with van der Waals surface area (Å²) in [5.41, 5.74) is 5.49. The first-order chi connectivity index (χ1) is 8.15. The molecule has 1 fully saturated rings. The fraction of sp³-hybridized carbons (Fsp3) is 0.833. The largest absolute Gasteiger partial charge is 0.393 e. The van der Waals surface area contributed by atoms with Crippen LogP contribution in [-0.4, -0.2) is 42.6 Å². The third kappa shape index (κ3) is 5.00. The average Bonchev–Trinajstić information content (AvgIpc) is 2.81. The second kappa shape index (κ2) is 7.61. The molecule has 1 amide bonds. The van der Waals surface area contributed by atoms with Gasteiger partial charge in [0.25, 0.3) is 0 Å². The number of thiocarbonyl (C=S) groups is 1. The van der Waals surface area contributed by atoms with Crippen LogP contribution in [0.15, 0.2) is 0 Å². The first-order valence-electron chi connectivity index (χ1n) is 6.21. The van der Waals surface area contributed by atoms with E-state index in [1.165, 1.54) is 12.8 Å². The molecule has 0 saturated heterocycles. The van der Waals surface area contributed by atoms with Crippen molar-refractivity contribution in [1.29, 1.82) is 0 Å². The molecule has 0 aromatic heterocycles. The highest BCUT2D eigenvalue weighted by Crippen LogP contribution is 2.26. The van der Waals surface area contributed by atoms with Gasteiger partial charge in [-0.3, -0.25) is 4.79 Å². The predicted octanol–water partition coefficient (Wildman–Crippen LogP) is 1.33. The van der Waals surface area contributed by atoms with E-state index >= 15 is 0 Å². The number of rotatable bonds is 7. The second-order valence-corrected chi connectivity index (χ2v) is 5.04. The molecule has 0 radical (unpaired) electrons. The molecule has 0 aromatic rings. The van der Waals surface area contributed by atoms with Crippen molar-refractivity contribution in [3.63, 3.8) is 0 Å². The Morgan fingerprint density at radius 2 is 2.06 bits per heavy atom. The number of ether oxygens (including phenoxy) is 1. The lowest BCUT2D eigenvalue weighted by Gasteiger charge is -2.25. The molecule has 0 bridgehead atoms. The van der Waals surface area contributed by atoms with Crippen LogP contribution in [0, 0.1) is 5.92 Å². The molecule has 4 nitrogen and oxygen atoms in total.